The van der Waals surface area contributed by atoms with Gasteiger partial charge in [-0.25, -0.2) is 9.98 Å². The third kappa shape index (κ3) is 7.43. The van der Waals surface area contributed by atoms with Crippen LogP contribution in [-0.4, -0.2) is 48.6 Å². The summed E-state index contributed by atoms with van der Waals surface area (Å²) in [6.07, 6.45) is 7.08. The van der Waals surface area contributed by atoms with Crippen molar-refractivity contribution in [2.45, 2.75) is 39.2 Å². The maximum atomic E-state index is 5.59. The molecule has 1 aromatic carbocycles. The van der Waals surface area contributed by atoms with Crippen LogP contribution in [0, 0.1) is 0 Å². The highest BCUT2D eigenvalue weighted by molar-refractivity contribution is 14.0. The molecule has 0 unspecified atom stereocenters. The lowest BCUT2D eigenvalue weighted by molar-refractivity contribution is 0.289. The molecule has 2 N–H and O–H groups in total. The summed E-state index contributed by atoms with van der Waals surface area (Å²) < 4.78 is 5.59. The van der Waals surface area contributed by atoms with E-state index < -0.39 is 0 Å². The van der Waals surface area contributed by atoms with E-state index >= 15 is 0 Å². The average Bonchev–Trinajstić information content (AvgIpc) is 3.03. The van der Waals surface area contributed by atoms with Crippen molar-refractivity contribution in [3.8, 4) is 11.5 Å². The second kappa shape index (κ2) is 12.8. The van der Waals surface area contributed by atoms with Crippen LogP contribution in [0.3, 0.4) is 0 Å². The fraction of sp³-hybridized carbons (Fsp3) is 0.524. The molecule has 0 spiro atoms. The summed E-state index contributed by atoms with van der Waals surface area (Å²) in [5.41, 5.74) is 1.81. The monoisotopic (exact) mass is 497 g/mol. The number of aromatic nitrogens is 1. The Labute approximate surface area is 185 Å². The Kier molecular flexibility index (Phi) is 10.3. The van der Waals surface area contributed by atoms with Crippen molar-refractivity contribution in [1.82, 2.24) is 20.5 Å². The second-order valence-electron chi connectivity index (χ2n) is 6.89. The van der Waals surface area contributed by atoms with E-state index in [1.807, 2.05) is 30.3 Å². The zero-order chi connectivity index (χ0) is 18.7. The van der Waals surface area contributed by atoms with Gasteiger partial charge in [0.1, 0.15) is 12.0 Å². The Morgan fingerprint density at radius 3 is 2.57 bits per heavy atom. The SMILES string of the molecule is CCNC(=NCc1coc(-c2ccccc2)n1)NCCN1CCCCCC1.I. The second-order valence-corrected chi connectivity index (χ2v) is 6.89. The number of likely N-dealkylation sites (tertiary alicyclic amines) is 1. The predicted molar refractivity (Wildman–Crippen MR) is 125 cm³/mol. The van der Waals surface area contributed by atoms with Crippen LogP contribution in [0.15, 0.2) is 46.0 Å². The minimum Gasteiger partial charge on any atom is -0.444 e. The van der Waals surface area contributed by atoms with Crippen LogP contribution in [-0.2, 0) is 6.54 Å². The molecule has 1 aliphatic rings. The largest absolute Gasteiger partial charge is 0.444 e. The first kappa shape index (κ1) is 22.7. The number of nitrogens with zero attached hydrogens (tertiary/aromatic N) is 3. The molecular weight excluding hydrogens is 465 g/mol. The van der Waals surface area contributed by atoms with Crippen molar-refractivity contribution in [1.29, 1.82) is 0 Å². The molecule has 2 aromatic rings. The summed E-state index contributed by atoms with van der Waals surface area (Å²) in [4.78, 5) is 11.7. The van der Waals surface area contributed by atoms with E-state index in [9.17, 15) is 0 Å². The fourth-order valence-electron chi connectivity index (χ4n) is 3.29. The molecule has 6 nitrogen and oxygen atoms in total. The molecule has 1 aliphatic heterocycles. The minimum atomic E-state index is 0. The summed E-state index contributed by atoms with van der Waals surface area (Å²) in [7, 11) is 0. The zero-order valence-electron chi connectivity index (χ0n) is 16.7. The molecular formula is C21H32IN5O. The highest BCUT2D eigenvalue weighted by atomic mass is 127. The van der Waals surface area contributed by atoms with E-state index in [1.165, 1.54) is 38.8 Å². The lowest BCUT2D eigenvalue weighted by Gasteiger charge is -2.20. The van der Waals surface area contributed by atoms with E-state index in [-0.39, 0.29) is 24.0 Å². The van der Waals surface area contributed by atoms with Crippen LogP contribution in [0.25, 0.3) is 11.5 Å². The maximum Gasteiger partial charge on any atom is 0.226 e. The number of rotatable bonds is 7. The number of hydrogen-bond acceptors (Lipinski definition) is 4. The topological polar surface area (TPSA) is 65.7 Å². The molecule has 1 aromatic heterocycles. The smallest absolute Gasteiger partial charge is 0.226 e. The van der Waals surface area contributed by atoms with Crippen LogP contribution in [0.2, 0.25) is 0 Å². The molecule has 0 amide bonds. The van der Waals surface area contributed by atoms with Crippen molar-refractivity contribution in [3.05, 3.63) is 42.3 Å². The Morgan fingerprint density at radius 2 is 1.86 bits per heavy atom. The summed E-state index contributed by atoms with van der Waals surface area (Å²) in [5, 5.41) is 6.74. The molecule has 0 aliphatic carbocycles. The van der Waals surface area contributed by atoms with E-state index in [2.05, 4.69) is 32.4 Å². The van der Waals surface area contributed by atoms with E-state index in [4.69, 9.17) is 4.42 Å². The van der Waals surface area contributed by atoms with Crippen molar-refractivity contribution in [2.75, 3.05) is 32.7 Å². The Balaban J connectivity index is 0.00000280. The number of nitrogens with one attached hydrogen (secondary N) is 2. The van der Waals surface area contributed by atoms with Gasteiger partial charge in [-0.3, -0.25) is 0 Å². The van der Waals surface area contributed by atoms with Crippen LogP contribution < -0.4 is 10.6 Å². The highest BCUT2D eigenvalue weighted by Crippen LogP contribution is 2.18. The van der Waals surface area contributed by atoms with Crippen molar-refractivity contribution < 1.29 is 4.42 Å². The third-order valence-corrected chi connectivity index (χ3v) is 4.74. The normalized spacial score (nSPS) is 15.5. The van der Waals surface area contributed by atoms with Crippen molar-refractivity contribution in [3.63, 3.8) is 0 Å². The van der Waals surface area contributed by atoms with Gasteiger partial charge >= 0.3 is 0 Å². The van der Waals surface area contributed by atoms with Gasteiger partial charge in [-0.2, -0.15) is 0 Å². The number of halogens is 1. The minimum absolute atomic E-state index is 0. The lowest BCUT2D eigenvalue weighted by atomic mass is 10.2. The summed E-state index contributed by atoms with van der Waals surface area (Å²) in [5.74, 6) is 1.47. The number of guanidine groups is 1. The van der Waals surface area contributed by atoms with Gasteiger partial charge in [0.25, 0.3) is 0 Å². The molecule has 0 saturated carbocycles. The molecule has 0 radical (unpaired) electrons. The van der Waals surface area contributed by atoms with E-state index in [0.717, 1.165) is 36.9 Å². The first-order valence-electron chi connectivity index (χ1n) is 10.1. The van der Waals surface area contributed by atoms with E-state index in [1.54, 1.807) is 6.26 Å². The quantitative estimate of drug-likeness (QED) is 0.345. The third-order valence-electron chi connectivity index (χ3n) is 4.74. The van der Waals surface area contributed by atoms with E-state index in [0.29, 0.717) is 12.4 Å². The zero-order valence-corrected chi connectivity index (χ0v) is 19.0. The average molecular weight is 497 g/mol. The van der Waals surface area contributed by atoms with Crippen LogP contribution in [0.5, 0.6) is 0 Å². The summed E-state index contributed by atoms with van der Waals surface area (Å²) in [6.45, 7) is 7.81. The number of oxazole rings is 1. The summed E-state index contributed by atoms with van der Waals surface area (Å²) >= 11 is 0. The number of hydrogen-bond donors (Lipinski definition) is 2. The van der Waals surface area contributed by atoms with Gasteiger partial charge in [-0.1, -0.05) is 31.0 Å². The van der Waals surface area contributed by atoms with Crippen molar-refractivity contribution in [2.24, 2.45) is 4.99 Å². The Hall–Kier alpha value is -1.61. The number of benzene rings is 1. The first-order valence-corrected chi connectivity index (χ1v) is 10.1. The molecule has 2 heterocycles. The molecule has 1 fully saturated rings. The molecule has 0 bridgehead atoms. The highest BCUT2D eigenvalue weighted by Gasteiger charge is 2.09. The van der Waals surface area contributed by atoms with Gasteiger partial charge < -0.3 is 20.0 Å². The van der Waals surface area contributed by atoms with Gasteiger partial charge in [-0.05, 0) is 45.0 Å². The molecule has 28 heavy (non-hydrogen) atoms. The molecule has 154 valence electrons. The van der Waals surface area contributed by atoms with Crippen LogP contribution in [0.1, 0.15) is 38.3 Å². The lowest BCUT2D eigenvalue weighted by Crippen LogP contribution is -2.41. The van der Waals surface area contributed by atoms with Crippen LogP contribution >= 0.6 is 24.0 Å². The van der Waals surface area contributed by atoms with Gasteiger partial charge in [0.05, 0.1) is 6.54 Å². The standard InChI is InChI=1S/C21H31N5O.HI/c1-2-22-21(23-12-15-26-13-8-3-4-9-14-26)24-16-19-17-27-20(25-19)18-10-6-5-7-11-18;/h5-7,10-11,17H,2-4,8-9,12-16H2,1H3,(H2,22,23,24);1H. The number of aliphatic imine (C=N–C) groups is 1. The molecule has 1 saturated heterocycles. The van der Waals surface area contributed by atoms with Gasteiger partial charge in [0, 0.05) is 25.2 Å². The summed E-state index contributed by atoms with van der Waals surface area (Å²) in [6, 6.07) is 9.93. The first-order chi connectivity index (χ1) is 13.3. The van der Waals surface area contributed by atoms with Gasteiger partial charge in [-0.15, -0.1) is 24.0 Å². The molecule has 7 heteroatoms. The van der Waals surface area contributed by atoms with Gasteiger partial charge in [0.2, 0.25) is 5.89 Å². The maximum absolute atomic E-state index is 5.59. The molecule has 0 atom stereocenters. The Bertz CT molecular complexity index is 696. The Morgan fingerprint density at radius 1 is 1.11 bits per heavy atom. The van der Waals surface area contributed by atoms with Crippen molar-refractivity contribution >= 4 is 29.9 Å². The fourth-order valence-corrected chi connectivity index (χ4v) is 3.29. The molecule has 3 rings (SSSR count). The van der Waals surface area contributed by atoms with Crippen LogP contribution in [0.4, 0.5) is 0 Å². The van der Waals surface area contributed by atoms with Gasteiger partial charge in [0.15, 0.2) is 5.96 Å². The predicted octanol–water partition coefficient (Wildman–Crippen LogP) is 3.89.